The van der Waals surface area contributed by atoms with Crippen molar-refractivity contribution in [1.82, 2.24) is 5.32 Å². The SMILES string of the molecule is COCCCOc1ccc(F)cc1CNC(C)C. The maximum Gasteiger partial charge on any atom is 0.123 e. The number of halogens is 1. The van der Waals surface area contributed by atoms with Crippen LogP contribution in [0.25, 0.3) is 0 Å². The molecule has 0 aromatic heterocycles. The first kappa shape index (κ1) is 14.9. The van der Waals surface area contributed by atoms with Gasteiger partial charge in [-0.2, -0.15) is 0 Å². The van der Waals surface area contributed by atoms with Crippen molar-refractivity contribution in [2.24, 2.45) is 0 Å². The van der Waals surface area contributed by atoms with Crippen LogP contribution in [0.4, 0.5) is 4.39 Å². The quantitative estimate of drug-likeness (QED) is 0.725. The molecule has 3 nitrogen and oxygen atoms in total. The van der Waals surface area contributed by atoms with Crippen LogP contribution < -0.4 is 10.1 Å². The predicted molar refractivity (Wildman–Crippen MR) is 70.4 cm³/mol. The lowest BCUT2D eigenvalue weighted by Crippen LogP contribution is -2.22. The van der Waals surface area contributed by atoms with Gasteiger partial charge in [0.05, 0.1) is 6.61 Å². The first-order chi connectivity index (χ1) is 8.63. The van der Waals surface area contributed by atoms with Crippen molar-refractivity contribution in [2.75, 3.05) is 20.3 Å². The van der Waals surface area contributed by atoms with E-state index >= 15 is 0 Å². The maximum atomic E-state index is 13.2. The Morgan fingerprint density at radius 2 is 2.06 bits per heavy atom. The molecule has 18 heavy (non-hydrogen) atoms. The van der Waals surface area contributed by atoms with Gasteiger partial charge >= 0.3 is 0 Å². The number of nitrogens with one attached hydrogen (secondary N) is 1. The van der Waals surface area contributed by atoms with Crippen molar-refractivity contribution in [2.45, 2.75) is 32.9 Å². The molecular weight excluding hydrogens is 233 g/mol. The van der Waals surface area contributed by atoms with E-state index in [1.807, 2.05) is 0 Å². The van der Waals surface area contributed by atoms with E-state index in [9.17, 15) is 4.39 Å². The summed E-state index contributed by atoms with van der Waals surface area (Å²) >= 11 is 0. The van der Waals surface area contributed by atoms with Crippen LogP contribution in [0.3, 0.4) is 0 Å². The van der Waals surface area contributed by atoms with Crippen molar-refractivity contribution in [3.8, 4) is 5.75 Å². The van der Waals surface area contributed by atoms with Crippen LogP contribution in [0.5, 0.6) is 5.75 Å². The molecule has 0 spiro atoms. The molecular formula is C14H22FNO2. The van der Waals surface area contributed by atoms with Gasteiger partial charge in [-0.25, -0.2) is 4.39 Å². The lowest BCUT2D eigenvalue weighted by Gasteiger charge is -2.13. The predicted octanol–water partition coefficient (Wildman–Crippen LogP) is 2.74. The van der Waals surface area contributed by atoms with E-state index in [-0.39, 0.29) is 5.82 Å². The van der Waals surface area contributed by atoms with Gasteiger partial charge in [0, 0.05) is 38.3 Å². The average Bonchev–Trinajstić information content (AvgIpc) is 2.34. The standard InChI is InChI=1S/C14H22FNO2/c1-11(2)16-10-12-9-13(15)5-6-14(12)18-8-4-7-17-3/h5-6,9,11,16H,4,7-8,10H2,1-3H3. The van der Waals surface area contributed by atoms with Crippen molar-refractivity contribution in [1.29, 1.82) is 0 Å². The number of rotatable bonds is 8. The Kier molecular flexibility index (Phi) is 6.68. The Bertz CT molecular complexity index is 356. The number of benzene rings is 1. The molecule has 4 heteroatoms. The van der Waals surface area contributed by atoms with E-state index < -0.39 is 0 Å². The van der Waals surface area contributed by atoms with Gasteiger partial charge in [-0.15, -0.1) is 0 Å². The second-order valence-electron chi connectivity index (χ2n) is 4.48. The third-order valence-corrected chi connectivity index (χ3v) is 2.47. The van der Waals surface area contributed by atoms with E-state index in [2.05, 4.69) is 19.2 Å². The molecule has 0 bridgehead atoms. The number of hydrogen-bond acceptors (Lipinski definition) is 3. The summed E-state index contributed by atoms with van der Waals surface area (Å²) in [4.78, 5) is 0. The molecule has 0 radical (unpaired) electrons. The molecule has 0 aliphatic heterocycles. The minimum Gasteiger partial charge on any atom is -0.493 e. The molecule has 0 amide bonds. The Labute approximate surface area is 108 Å². The van der Waals surface area contributed by atoms with Gasteiger partial charge in [0.15, 0.2) is 0 Å². The van der Waals surface area contributed by atoms with E-state index in [0.717, 1.165) is 17.7 Å². The Hall–Kier alpha value is -1.13. The molecule has 0 saturated heterocycles. The second kappa shape index (κ2) is 8.06. The van der Waals surface area contributed by atoms with Crippen LogP contribution in [0.2, 0.25) is 0 Å². The van der Waals surface area contributed by atoms with Gasteiger partial charge < -0.3 is 14.8 Å². The van der Waals surface area contributed by atoms with Crippen LogP contribution in [-0.4, -0.2) is 26.4 Å². The molecule has 0 aliphatic carbocycles. The van der Waals surface area contributed by atoms with Crippen molar-refractivity contribution in [3.63, 3.8) is 0 Å². The minimum atomic E-state index is -0.236. The third kappa shape index (κ3) is 5.47. The fourth-order valence-corrected chi connectivity index (χ4v) is 1.53. The monoisotopic (exact) mass is 255 g/mol. The molecule has 0 atom stereocenters. The first-order valence-electron chi connectivity index (χ1n) is 6.27. The lowest BCUT2D eigenvalue weighted by atomic mass is 10.2. The van der Waals surface area contributed by atoms with Gasteiger partial charge in [-0.1, -0.05) is 13.8 Å². The largest absolute Gasteiger partial charge is 0.493 e. The zero-order valence-corrected chi connectivity index (χ0v) is 11.3. The molecule has 102 valence electrons. The van der Waals surface area contributed by atoms with E-state index in [0.29, 0.717) is 25.8 Å². The summed E-state index contributed by atoms with van der Waals surface area (Å²) in [6, 6.07) is 4.97. The molecule has 0 unspecified atom stereocenters. The maximum absolute atomic E-state index is 13.2. The lowest BCUT2D eigenvalue weighted by molar-refractivity contribution is 0.171. The smallest absolute Gasteiger partial charge is 0.123 e. The molecule has 1 aromatic carbocycles. The Morgan fingerprint density at radius 3 is 2.72 bits per heavy atom. The molecule has 1 N–H and O–H groups in total. The van der Waals surface area contributed by atoms with Gasteiger partial charge in [-0.3, -0.25) is 0 Å². The zero-order valence-electron chi connectivity index (χ0n) is 11.3. The van der Waals surface area contributed by atoms with Gasteiger partial charge in [0.2, 0.25) is 0 Å². The minimum absolute atomic E-state index is 0.236. The van der Waals surface area contributed by atoms with Crippen LogP contribution in [0, 0.1) is 5.82 Å². The highest BCUT2D eigenvalue weighted by molar-refractivity contribution is 5.33. The highest BCUT2D eigenvalue weighted by atomic mass is 19.1. The molecule has 0 saturated carbocycles. The number of ether oxygens (including phenoxy) is 2. The number of methoxy groups -OCH3 is 1. The zero-order chi connectivity index (χ0) is 13.4. The normalized spacial score (nSPS) is 10.9. The van der Waals surface area contributed by atoms with Crippen LogP contribution in [-0.2, 0) is 11.3 Å². The number of hydrogen-bond donors (Lipinski definition) is 1. The van der Waals surface area contributed by atoms with E-state index in [1.165, 1.54) is 12.1 Å². The molecule has 0 heterocycles. The van der Waals surface area contributed by atoms with Gasteiger partial charge in [0.1, 0.15) is 11.6 Å². The van der Waals surface area contributed by atoms with Crippen molar-refractivity contribution >= 4 is 0 Å². The fraction of sp³-hybridized carbons (Fsp3) is 0.571. The molecule has 0 fully saturated rings. The summed E-state index contributed by atoms with van der Waals surface area (Å²) in [7, 11) is 1.66. The third-order valence-electron chi connectivity index (χ3n) is 2.47. The van der Waals surface area contributed by atoms with E-state index in [4.69, 9.17) is 9.47 Å². The second-order valence-corrected chi connectivity index (χ2v) is 4.48. The van der Waals surface area contributed by atoms with Gasteiger partial charge in [-0.05, 0) is 18.2 Å². The highest BCUT2D eigenvalue weighted by Gasteiger charge is 2.06. The summed E-state index contributed by atoms with van der Waals surface area (Å²) in [6.45, 7) is 5.96. The molecule has 0 aliphatic rings. The average molecular weight is 255 g/mol. The van der Waals surface area contributed by atoms with Crippen molar-refractivity contribution in [3.05, 3.63) is 29.6 Å². The molecule has 1 aromatic rings. The van der Waals surface area contributed by atoms with E-state index in [1.54, 1.807) is 13.2 Å². The highest BCUT2D eigenvalue weighted by Crippen LogP contribution is 2.20. The summed E-state index contributed by atoms with van der Waals surface area (Å²) < 4.78 is 23.8. The Morgan fingerprint density at radius 1 is 1.28 bits per heavy atom. The van der Waals surface area contributed by atoms with Crippen LogP contribution >= 0.6 is 0 Å². The summed E-state index contributed by atoms with van der Waals surface area (Å²) in [5.41, 5.74) is 0.848. The summed E-state index contributed by atoms with van der Waals surface area (Å²) in [5.74, 6) is 0.500. The Balaban J connectivity index is 2.58. The van der Waals surface area contributed by atoms with Crippen LogP contribution in [0.1, 0.15) is 25.8 Å². The molecule has 1 rings (SSSR count). The van der Waals surface area contributed by atoms with Gasteiger partial charge in [0.25, 0.3) is 0 Å². The first-order valence-corrected chi connectivity index (χ1v) is 6.27. The summed E-state index contributed by atoms with van der Waals surface area (Å²) in [6.07, 6.45) is 0.824. The van der Waals surface area contributed by atoms with Crippen LogP contribution in [0.15, 0.2) is 18.2 Å². The van der Waals surface area contributed by atoms with Crippen molar-refractivity contribution < 1.29 is 13.9 Å². The topological polar surface area (TPSA) is 30.5 Å². The fourth-order valence-electron chi connectivity index (χ4n) is 1.53. The summed E-state index contributed by atoms with van der Waals surface area (Å²) in [5, 5.41) is 3.26.